The zero-order valence-electron chi connectivity index (χ0n) is 10.9. The van der Waals surface area contributed by atoms with Crippen LogP contribution in [0.4, 0.5) is 0 Å². The van der Waals surface area contributed by atoms with E-state index in [1.54, 1.807) is 0 Å². The van der Waals surface area contributed by atoms with Crippen molar-refractivity contribution in [3.63, 3.8) is 0 Å². The third kappa shape index (κ3) is 3.84. The molecule has 0 aliphatic carbocycles. The van der Waals surface area contributed by atoms with Crippen LogP contribution in [0, 0.1) is 0 Å². The van der Waals surface area contributed by atoms with Gasteiger partial charge in [0.15, 0.2) is 0 Å². The summed E-state index contributed by atoms with van der Waals surface area (Å²) in [5, 5.41) is 0. The van der Waals surface area contributed by atoms with Gasteiger partial charge >= 0.3 is 0 Å². The van der Waals surface area contributed by atoms with Crippen LogP contribution in [-0.2, 0) is 6.42 Å². The first kappa shape index (κ1) is 13.0. The van der Waals surface area contributed by atoms with Crippen molar-refractivity contribution in [1.29, 1.82) is 0 Å². The summed E-state index contributed by atoms with van der Waals surface area (Å²) in [5.41, 5.74) is 4.34. The molecule has 0 amide bonds. The second-order valence-corrected chi connectivity index (χ2v) is 4.29. The average molecular weight is 216 g/mol. The molecule has 0 fully saturated rings. The van der Waals surface area contributed by atoms with E-state index in [4.69, 9.17) is 0 Å². The molecule has 1 rings (SSSR count). The number of unbranched alkanes of at least 4 members (excludes halogenated alkanes) is 1. The number of rotatable bonds is 6. The molecule has 0 spiro atoms. The molecule has 0 heteroatoms. The number of aryl methyl sites for hydroxylation is 1. The van der Waals surface area contributed by atoms with Gasteiger partial charge in [0, 0.05) is 0 Å². The van der Waals surface area contributed by atoms with Crippen LogP contribution in [-0.4, -0.2) is 0 Å². The second-order valence-electron chi connectivity index (χ2n) is 4.29. The fraction of sp³-hybridized carbons (Fsp3) is 0.500. The Morgan fingerprint density at radius 2 is 1.75 bits per heavy atom. The summed E-state index contributed by atoms with van der Waals surface area (Å²) >= 11 is 0. The highest BCUT2D eigenvalue weighted by Crippen LogP contribution is 2.19. The molecule has 0 N–H and O–H groups in total. The lowest BCUT2D eigenvalue weighted by Gasteiger charge is -2.06. The topological polar surface area (TPSA) is 0 Å². The van der Waals surface area contributed by atoms with Crippen LogP contribution in [0.2, 0.25) is 0 Å². The van der Waals surface area contributed by atoms with E-state index in [1.165, 1.54) is 36.0 Å². The number of allylic oxidation sites excluding steroid dienone is 2. The first-order valence-corrected chi connectivity index (χ1v) is 6.60. The fourth-order valence-electron chi connectivity index (χ4n) is 1.98. The zero-order chi connectivity index (χ0) is 11.8. The van der Waals surface area contributed by atoms with Crippen molar-refractivity contribution >= 4 is 5.57 Å². The highest BCUT2D eigenvalue weighted by Gasteiger charge is 1.98. The van der Waals surface area contributed by atoms with Crippen LogP contribution in [0.15, 0.2) is 30.3 Å². The Balaban J connectivity index is 2.73. The molecular formula is C16H24. The van der Waals surface area contributed by atoms with Crippen molar-refractivity contribution in [2.24, 2.45) is 0 Å². The summed E-state index contributed by atoms with van der Waals surface area (Å²) < 4.78 is 0. The smallest absolute Gasteiger partial charge is 0.0228 e. The first-order valence-electron chi connectivity index (χ1n) is 6.60. The van der Waals surface area contributed by atoms with Gasteiger partial charge in [-0.05, 0) is 42.4 Å². The lowest BCUT2D eigenvalue weighted by molar-refractivity contribution is 0.795. The SMILES string of the molecule is CCC=C(CC)c1ccc(CCCC)cc1. The fourth-order valence-corrected chi connectivity index (χ4v) is 1.98. The maximum atomic E-state index is 2.33. The second kappa shape index (κ2) is 7.27. The molecule has 0 unspecified atom stereocenters. The van der Waals surface area contributed by atoms with Gasteiger partial charge in [0.2, 0.25) is 0 Å². The lowest BCUT2D eigenvalue weighted by Crippen LogP contribution is -1.87. The summed E-state index contributed by atoms with van der Waals surface area (Å²) in [7, 11) is 0. The van der Waals surface area contributed by atoms with Crippen LogP contribution >= 0.6 is 0 Å². The van der Waals surface area contributed by atoms with E-state index in [2.05, 4.69) is 51.1 Å². The van der Waals surface area contributed by atoms with Crippen molar-refractivity contribution in [2.45, 2.75) is 52.9 Å². The Kier molecular flexibility index (Phi) is 5.92. The minimum Gasteiger partial charge on any atom is -0.0810 e. The minimum atomic E-state index is 1.13. The minimum absolute atomic E-state index is 1.13. The molecular weight excluding hydrogens is 192 g/mol. The van der Waals surface area contributed by atoms with Gasteiger partial charge < -0.3 is 0 Å². The molecule has 1 aromatic rings. The van der Waals surface area contributed by atoms with E-state index in [0.29, 0.717) is 0 Å². The summed E-state index contributed by atoms with van der Waals surface area (Å²) in [5.74, 6) is 0. The molecule has 0 heterocycles. The van der Waals surface area contributed by atoms with Crippen molar-refractivity contribution in [3.05, 3.63) is 41.5 Å². The van der Waals surface area contributed by atoms with Crippen molar-refractivity contribution in [3.8, 4) is 0 Å². The average Bonchev–Trinajstić information content (AvgIpc) is 2.34. The van der Waals surface area contributed by atoms with Gasteiger partial charge in [-0.3, -0.25) is 0 Å². The van der Waals surface area contributed by atoms with Gasteiger partial charge in [0.25, 0.3) is 0 Å². The van der Waals surface area contributed by atoms with Crippen molar-refractivity contribution in [1.82, 2.24) is 0 Å². The van der Waals surface area contributed by atoms with Crippen LogP contribution < -0.4 is 0 Å². The Bertz CT molecular complexity index is 316. The number of benzene rings is 1. The van der Waals surface area contributed by atoms with Gasteiger partial charge in [-0.2, -0.15) is 0 Å². The largest absolute Gasteiger partial charge is 0.0810 e. The summed E-state index contributed by atoms with van der Waals surface area (Å²) in [6, 6.07) is 9.11. The molecule has 0 saturated carbocycles. The Labute approximate surface area is 100 Å². The number of hydrogen-bond donors (Lipinski definition) is 0. The van der Waals surface area contributed by atoms with Gasteiger partial charge in [-0.15, -0.1) is 0 Å². The lowest BCUT2D eigenvalue weighted by atomic mass is 9.99. The normalized spacial score (nSPS) is 11.8. The molecule has 0 radical (unpaired) electrons. The van der Waals surface area contributed by atoms with E-state index < -0.39 is 0 Å². The highest BCUT2D eigenvalue weighted by molar-refractivity contribution is 5.65. The Morgan fingerprint density at radius 1 is 1.06 bits per heavy atom. The molecule has 0 aliphatic heterocycles. The van der Waals surface area contributed by atoms with Crippen LogP contribution in [0.1, 0.15) is 57.6 Å². The van der Waals surface area contributed by atoms with Gasteiger partial charge in [-0.25, -0.2) is 0 Å². The molecule has 0 atom stereocenters. The first-order chi connectivity index (χ1) is 7.81. The van der Waals surface area contributed by atoms with Crippen LogP contribution in [0.5, 0.6) is 0 Å². The molecule has 1 aromatic carbocycles. The molecule has 0 aromatic heterocycles. The predicted molar refractivity (Wildman–Crippen MR) is 73.6 cm³/mol. The van der Waals surface area contributed by atoms with E-state index in [1.807, 2.05) is 0 Å². The third-order valence-corrected chi connectivity index (χ3v) is 2.98. The maximum Gasteiger partial charge on any atom is -0.0228 e. The molecule has 0 bridgehead atoms. The van der Waals surface area contributed by atoms with E-state index >= 15 is 0 Å². The van der Waals surface area contributed by atoms with Gasteiger partial charge in [0.05, 0.1) is 0 Å². The van der Waals surface area contributed by atoms with Gasteiger partial charge in [0.1, 0.15) is 0 Å². The summed E-state index contributed by atoms with van der Waals surface area (Å²) in [6.45, 7) is 6.67. The Morgan fingerprint density at radius 3 is 2.25 bits per heavy atom. The maximum absolute atomic E-state index is 2.33. The summed E-state index contributed by atoms with van der Waals surface area (Å²) in [6.07, 6.45) is 8.38. The molecule has 88 valence electrons. The van der Waals surface area contributed by atoms with Crippen LogP contribution in [0.3, 0.4) is 0 Å². The van der Waals surface area contributed by atoms with E-state index in [9.17, 15) is 0 Å². The van der Waals surface area contributed by atoms with E-state index in [-0.39, 0.29) is 0 Å². The monoisotopic (exact) mass is 216 g/mol. The van der Waals surface area contributed by atoms with Crippen LogP contribution in [0.25, 0.3) is 5.57 Å². The van der Waals surface area contributed by atoms with Crippen molar-refractivity contribution in [2.75, 3.05) is 0 Å². The van der Waals surface area contributed by atoms with Gasteiger partial charge in [-0.1, -0.05) is 57.5 Å². The molecule has 16 heavy (non-hydrogen) atoms. The molecule has 0 nitrogen and oxygen atoms in total. The molecule has 0 saturated heterocycles. The zero-order valence-corrected chi connectivity index (χ0v) is 10.9. The predicted octanol–water partition coefficient (Wildman–Crippen LogP) is 5.23. The third-order valence-electron chi connectivity index (χ3n) is 2.98. The van der Waals surface area contributed by atoms with Crippen molar-refractivity contribution < 1.29 is 0 Å². The highest BCUT2D eigenvalue weighted by atomic mass is 14.0. The summed E-state index contributed by atoms with van der Waals surface area (Å²) in [4.78, 5) is 0. The molecule has 0 aliphatic rings. The Hall–Kier alpha value is -1.04. The standard InChI is InChI=1S/C16H24/c1-4-7-9-14-10-12-16(13-11-14)15(6-3)8-5-2/h8,10-13H,4-7,9H2,1-3H3. The number of hydrogen-bond acceptors (Lipinski definition) is 0. The quantitative estimate of drug-likeness (QED) is 0.610. The van der Waals surface area contributed by atoms with E-state index in [0.717, 1.165) is 12.8 Å².